The van der Waals surface area contributed by atoms with Crippen LogP contribution in [0.25, 0.3) is 0 Å². The highest BCUT2D eigenvalue weighted by atomic mass is 16.5. The Morgan fingerprint density at radius 2 is 2.00 bits per heavy atom. The fourth-order valence-electron chi connectivity index (χ4n) is 0.749. The molecule has 0 fully saturated rings. The molecule has 1 atom stereocenters. The smallest absolute Gasteiger partial charge is 0.313 e. The van der Waals surface area contributed by atoms with Crippen LogP contribution in [-0.4, -0.2) is 38.1 Å². The molecule has 0 heterocycles. The maximum atomic E-state index is 10.9. The zero-order valence-electron chi connectivity index (χ0n) is 8.04. The van der Waals surface area contributed by atoms with E-state index in [1.807, 2.05) is 0 Å². The SMILES string of the molecule is COCC([NH3+])COC(=O)CC(C)=O. The molecule has 5 heteroatoms. The Balaban J connectivity index is 3.51. The van der Waals surface area contributed by atoms with Crippen molar-refractivity contribution in [3.05, 3.63) is 0 Å². The molecule has 0 spiro atoms. The molecule has 13 heavy (non-hydrogen) atoms. The minimum Gasteiger partial charge on any atom is -0.459 e. The summed E-state index contributed by atoms with van der Waals surface area (Å²) in [5.41, 5.74) is 3.69. The lowest BCUT2D eigenvalue weighted by molar-refractivity contribution is -0.431. The van der Waals surface area contributed by atoms with E-state index in [0.717, 1.165) is 0 Å². The van der Waals surface area contributed by atoms with E-state index >= 15 is 0 Å². The number of ketones is 1. The topological polar surface area (TPSA) is 80.2 Å². The van der Waals surface area contributed by atoms with Crippen molar-refractivity contribution in [3.63, 3.8) is 0 Å². The molecular formula is C8H16NO4+. The zero-order valence-corrected chi connectivity index (χ0v) is 8.04. The van der Waals surface area contributed by atoms with E-state index in [9.17, 15) is 9.59 Å². The van der Waals surface area contributed by atoms with Gasteiger partial charge in [-0.15, -0.1) is 0 Å². The van der Waals surface area contributed by atoms with E-state index in [1.165, 1.54) is 6.92 Å². The lowest BCUT2D eigenvalue weighted by Crippen LogP contribution is -2.65. The second-order valence-electron chi connectivity index (χ2n) is 2.88. The van der Waals surface area contributed by atoms with Crippen LogP contribution in [0.1, 0.15) is 13.3 Å². The molecule has 0 rings (SSSR count). The third-order valence-corrected chi connectivity index (χ3v) is 1.28. The Hall–Kier alpha value is -0.940. The van der Waals surface area contributed by atoms with Crippen LogP contribution in [0.5, 0.6) is 0 Å². The third-order valence-electron chi connectivity index (χ3n) is 1.28. The van der Waals surface area contributed by atoms with Crippen molar-refractivity contribution >= 4 is 11.8 Å². The molecule has 0 saturated carbocycles. The zero-order chi connectivity index (χ0) is 10.3. The first-order valence-corrected chi connectivity index (χ1v) is 4.03. The first-order valence-electron chi connectivity index (χ1n) is 4.03. The lowest BCUT2D eigenvalue weighted by Gasteiger charge is -2.07. The standard InChI is InChI=1S/C8H15NO4/c1-6(10)3-8(11)13-5-7(9)4-12-2/h7H,3-5,9H2,1-2H3/p+1. The Labute approximate surface area is 77.2 Å². The number of hydrogen-bond donors (Lipinski definition) is 1. The molecule has 0 aromatic heterocycles. The average molecular weight is 190 g/mol. The van der Waals surface area contributed by atoms with E-state index in [-0.39, 0.29) is 24.9 Å². The van der Waals surface area contributed by atoms with Crippen molar-refractivity contribution in [2.75, 3.05) is 20.3 Å². The number of carbonyl (C=O) groups is 2. The molecule has 0 aliphatic rings. The number of quaternary nitrogens is 1. The summed E-state index contributed by atoms with van der Waals surface area (Å²) in [5, 5.41) is 0. The fraction of sp³-hybridized carbons (Fsp3) is 0.750. The monoisotopic (exact) mass is 190 g/mol. The van der Waals surface area contributed by atoms with E-state index in [2.05, 4.69) is 5.73 Å². The maximum Gasteiger partial charge on any atom is 0.313 e. The third kappa shape index (κ3) is 7.42. The van der Waals surface area contributed by atoms with E-state index in [4.69, 9.17) is 9.47 Å². The Morgan fingerprint density at radius 1 is 1.38 bits per heavy atom. The quantitative estimate of drug-likeness (QED) is 0.420. The number of Topliss-reactive ketones (excluding diaryl/α,β-unsaturated/α-hetero) is 1. The molecule has 0 bridgehead atoms. The first kappa shape index (κ1) is 12.1. The Bertz CT molecular complexity index is 181. The molecule has 0 aromatic rings. The van der Waals surface area contributed by atoms with Crippen LogP contribution < -0.4 is 5.73 Å². The molecule has 5 nitrogen and oxygen atoms in total. The van der Waals surface area contributed by atoms with Crippen molar-refractivity contribution in [3.8, 4) is 0 Å². The van der Waals surface area contributed by atoms with E-state index < -0.39 is 5.97 Å². The van der Waals surface area contributed by atoms with Crippen LogP contribution in [0, 0.1) is 0 Å². The molecule has 0 aliphatic carbocycles. The van der Waals surface area contributed by atoms with Crippen molar-refractivity contribution < 1.29 is 24.8 Å². The summed E-state index contributed by atoms with van der Waals surface area (Å²) in [6.07, 6.45) is -0.167. The van der Waals surface area contributed by atoms with Gasteiger partial charge in [0.05, 0.1) is 0 Å². The second-order valence-corrected chi connectivity index (χ2v) is 2.88. The average Bonchev–Trinajstić information content (AvgIpc) is 2.00. The van der Waals surface area contributed by atoms with E-state index in [1.54, 1.807) is 7.11 Å². The van der Waals surface area contributed by atoms with Gasteiger partial charge in [0.25, 0.3) is 0 Å². The number of rotatable bonds is 6. The molecular weight excluding hydrogens is 174 g/mol. The van der Waals surface area contributed by atoms with E-state index in [0.29, 0.717) is 6.61 Å². The van der Waals surface area contributed by atoms with Gasteiger partial charge in [0.1, 0.15) is 31.5 Å². The van der Waals surface area contributed by atoms with Gasteiger partial charge in [-0.3, -0.25) is 9.59 Å². The number of methoxy groups -OCH3 is 1. The first-order chi connectivity index (χ1) is 6.06. The molecule has 76 valence electrons. The van der Waals surface area contributed by atoms with Crippen LogP contribution in [0.2, 0.25) is 0 Å². The summed E-state index contributed by atoms with van der Waals surface area (Å²) in [6.45, 7) is 1.98. The van der Waals surface area contributed by atoms with Gasteiger partial charge in [-0.05, 0) is 6.92 Å². The van der Waals surface area contributed by atoms with Gasteiger partial charge in [-0.25, -0.2) is 0 Å². The van der Waals surface area contributed by atoms with Gasteiger partial charge in [0.2, 0.25) is 0 Å². The predicted molar refractivity (Wildman–Crippen MR) is 44.8 cm³/mol. The van der Waals surface area contributed by atoms with Crippen LogP contribution in [0.15, 0.2) is 0 Å². The maximum absolute atomic E-state index is 10.9. The number of ether oxygens (including phenoxy) is 2. The van der Waals surface area contributed by atoms with Crippen LogP contribution in [0.4, 0.5) is 0 Å². The molecule has 1 unspecified atom stereocenters. The number of hydrogen-bond acceptors (Lipinski definition) is 4. The largest absolute Gasteiger partial charge is 0.459 e. The summed E-state index contributed by atoms with van der Waals surface area (Å²) in [4.78, 5) is 21.3. The summed E-state index contributed by atoms with van der Waals surface area (Å²) in [7, 11) is 1.55. The van der Waals surface area contributed by atoms with Gasteiger partial charge >= 0.3 is 5.97 Å². The molecule has 0 radical (unpaired) electrons. The minimum absolute atomic E-state index is 0.0825. The summed E-state index contributed by atoms with van der Waals surface area (Å²) in [5.74, 6) is -0.699. The minimum atomic E-state index is -0.503. The summed E-state index contributed by atoms with van der Waals surface area (Å²) >= 11 is 0. The van der Waals surface area contributed by atoms with Crippen molar-refractivity contribution in [2.45, 2.75) is 19.4 Å². The van der Waals surface area contributed by atoms with Crippen molar-refractivity contribution in [2.24, 2.45) is 0 Å². The normalized spacial score (nSPS) is 12.2. The number of carbonyl (C=O) groups excluding carboxylic acids is 2. The van der Waals surface area contributed by atoms with Gasteiger partial charge in [0.15, 0.2) is 0 Å². The highest BCUT2D eigenvalue weighted by Crippen LogP contribution is 1.89. The van der Waals surface area contributed by atoms with Gasteiger partial charge in [-0.2, -0.15) is 0 Å². The van der Waals surface area contributed by atoms with Gasteiger partial charge < -0.3 is 15.2 Å². The highest BCUT2D eigenvalue weighted by Gasteiger charge is 2.11. The summed E-state index contributed by atoms with van der Waals surface area (Å²) in [6, 6.07) is -0.0825. The fourth-order valence-corrected chi connectivity index (χ4v) is 0.749. The molecule has 0 saturated heterocycles. The molecule has 3 N–H and O–H groups in total. The van der Waals surface area contributed by atoms with Crippen molar-refractivity contribution in [1.29, 1.82) is 0 Å². The van der Waals surface area contributed by atoms with Crippen LogP contribution in [0.3, 0.4) is 0 Å². The predicted octanol–water partition coefficient (Wildman–Crippen LogP) is -1.23. The van der Waals surface area contributed by atoms with Crippen LogP contribution >= 0.6 is 0 Å². The molecule has 0 aliphatic heterocycles. The van der Waals surface area contributed by atoms with Gasteiger partial charge in [0, 0.05) is 7.11 Å². The van der Waals surface area contributed by atoms with Gasteiger partial charge in [-0.1, -0.05) is 0 Å². The second kappa shape index (κ2) is 6.56. The Morgan fingerprint density at radius 3 is 2.46 bits per heavy atom. The Kier molecular flexibility index (Phi) is 6.09. The lowest BCUT2D eigenvalue weighted by atomic mass is 10.3. The van der Waals surface area contributed by atoms with Crippen molar-refractivity contribution in [1.82, 2.24) is 0 Å². The van der Waals surface area contributed by atoms with Crippen LogP contribution in [-0.2, 0) is 19.1 Å². The molecule has 0 aromatic carbocycles. The number of esters is 1. The highest BCUT2D eigenvalue weighted by molar-refractivity contribution is 5.94. The summed E-state index contributed by atoms with van der Waals surface area (Å²) < 4.78 is 9.56. The molecule has 0 amide bonds.